The Morgan fingerprint density at radius 2 is 1.91 bits per heavy atom. The molecule has 1 fully saturated rings. The van der Waals surface area contributed by atoms with Crippen LogP contribution in [0.4, 0.5) is 4.39 Å². The number of aromatic nitrogens is 1. The fourth-order valence-corrected chi connectivity index (χ4v) is 4.06. The van der Waals surface area contributed by atoms with Gasteiger partial charge in [0.2, 0.25) is 0 Å². The van der Waals surface area contributed by atoms with Crippen molar-refractivity contribution in [3.05, 3.63) is 53.2 Å². The SMILES string of the molecule is CCNC(=NCc1cc(C(CC)CC)no1)NCC(c1cccc(F)c1)N1CCOCC1.I. The molecular weight excluding hydrogens is 536 g/mol. The largest absolute Gasteiger partial charge is 0.379 e. The van der Waals surface area contributed by atoms with Gasteiger partial charge in [0.05, 0.1) is 24.9 Å². The van der Waals surface area contributed by atoms with E-state index in [1.807, 2.05) is 19.1 Å². The van der Waals surface area contributed by atoms with Crippen molar-refractivity contribution in [3.63, 3.8) is 0 Å². The first-order valence-electron chi connectivity index (χ1n) is 11.7. The molecule has 3 rings (SSSR count). The van der Waals surface area contributed by atoms with Crippen LogP contribution in [0, 0.1) is 5.82 Å². The maximum absolute atomic E-state index is 13.9. The summed E-state index contributed by atoms with van der Waals surface area (Å²) in [5, 5.41) is 10.9. The van der Waals surface area contributed by atoms with Crippen molar-refractivity contribution in [2.24, 2.45) is 4.99 Å². The van der Waals surface area contributed by atoms with Crippen LogP contribution in [0.3, 0.4) is 0 Å². The van der Waals surface area contributed by atoms with Crippen LogP contribution < -0.4 is 10.6 Å². The molecule has 0 amide bonds. The lowest BCUT2D eigenvalue weighted by atomic mass is 9.99. The Labute approximate surface area is 213 Å². The second kappa shape index (κ2) is 14.5. The molecule has 0 aliphatic carbocycles. The van der Waals surface area contributed by atoms with Crippen molar-refractivity contribution in [2.45, 2.75) is 52.1 Å². The number of ether oxygens (including phenoxy) is 1. The predicted molar refractivity (Wildman–Crippen MR) is 140 cm³/mol. The summed E-state index contributed by atoms with van der Waals surface area (Å²) < 4.78 is 24.9. The lowest BCUT2D eigenvalue weighted by molar-refractivity contribution is 0.0169. The van der Waals surface area contributed by atoms with Crippen LogP contribution in [0.5, 0.6) is 0 Å². The first-order chi connectivity index (χ1) is 15.6. The van der Waals surface area contributed by atoms with Gasteiger partial charge in [-0.05, 0) is 37.5 Å². The molecule has 9 heteroatoms. The zero-order chi connectivity index (χ0) is 22.8. The minimum atomic E-state index is -0.222. The highest BCUT2D eigenvalue weighted by molar-refractivity contribution is 14.0. The lowest BCUT2D eigenvalue weighted by Gasteiger charge is -2.35. The third-order valence-corrected chi connectivity index (χ3v) is 5.90. The Morgan fingerprint density at radius 3 is 2.58 bits per heavy atom. The van der Waals surface area contributed by atoms with Gasteiger partial charge in [0.25, 0.3) is 0 Å². The molecule has 184 valence electrons. The Morgan fingerprint density at radius 1 is 1.15 bits per heavy atom. The average molecular weight is 573 g/mol. The van der Waals surface area contributed by atoms with Crippen LogP contribution >= 0.6 is 24.0 Å². The maximum atomic E-state index is 13.9. The van der Waals surface area contributed by atoms with E-state index in [9.17, 15) is 4.39 Å². The quantitative estimate of drug-likeness (QED) is 0.249. The van der Waals surface area contributed by atoms with Crippen LogP contribution in [0.2, 0.25) is 0 Å². The minimum Gasteiger partial charge on any atom is -0.379 e. The van der Waals surface area contributed by atoms with Gasteiger partial charge in [0, 0.05) is 38.2 Å². The van der Waals surface area contributed by atoms with Gasteiger partial charge in [-0.2, -0.15) is 0 Å². The molecule has 7 nitrogen and oxygen atoms in total. The Balaban J connectivity index is 0.00000385. The summed E-state index contributed by atoms with van der Waals surface area (Å²) >= 11 is 0. The fourth-order valence-electron chi connectivity index (χ4n) is 4.06. The third kappa shape index (κ3) is 8.22. The molecule has 0 bridgehead atoms. The van der Waals surface area contributed by atoms with Crippen LogP contribution in [0.25, 0.3) is 0 Å². The number of halogens is 2. The predicted octanol–water partition coefficient (Wildman–Crippen LogP) is 4.46. The molecule has 0 radical (unpaired) electrons. The molecule has 1 aliphatic heterocycles. The Kier molecular flexibility index (Phi) is 12.1. The molecule has 1 aromatic carbocycles. The van der Waals surface area contributed by atoms with Crippen molar-refractivity contribution < 1.29 is 13.7 Å². The Hall–Kier alpha value is -1.72. The molecular formula is C24H37FIN5O2. The maximum Gasteiger partial charge on any atom is 0.191 e. The van der Waals surface area contributed by atoms with E-state index < -0.39 is 0 Å². The number of rotatable bonds is 10. The monoisotopic (exact) mass is 573 g/mol. The second-order valence-electron chi connectivity index (χ2n) is 8.03. The normalized spacial score (nSPS) is 15.8. The molecule has 1 saturated heterocycles. The molecule has 1 aliphatic rings. The van der Waals surface area contributed by atoms with Gasteiger partial charge in [-0.25, -0.2) is 9.38 Å². The standard InChI is InChI=1S/C24H36FN5O2.HI/c1-4-18(5-2)22-15-21(32-29-22)16-27-24(26-6-3)28-17-23(30-10-12-31-13-11-30)19-8-7-9-20(25)14-19;/h7-9,14-15,18,23H,4-6,10-13,16-17H2,1-3H3,(H2,26,27,28);1H. The van der Waals surface area contributed by atoms with Crippen LogP contribution in [-0.4, -0.2) is 55.4 Å². The molecule has 1 aromatic heterocycles. The molecule has 0 saturated carbocycles. The zero-order valence-electron chi connectivity index (χ0n) is 19.8. The van der Waals surface area contributed by atoms with Crippen molar-refractivity contribution in [1.29, 1.82) is 0 Å². The second-order valence-corrected chi connectivity index (χ2v) is 8.03. The number of hydrogen-bond acceptors (Lipinski definition) is 5. The zero-order valence-corrected chi connectivity index (χ0v) is 22.2. The van der Waals surface area contributed by atoms with Gasteiger partial charge in [-0.15, -0.1) is 24.0 Å². The summed E-state index contributed by atoms with van der Waals surface area (Å²) in [6, 6.07) is 8.85. The van der Waals surface area contributed by atoms with Crippen molar-refractivity contribution in [1.82, 2.24) is 20.7 Å². The van der Waals surface area contributed by atoms with Crippen LogP contribution in [-0.2, 0) is 11.3 Å². The molecule has 2 N–H and O–H groups in total. The van der Waals surface area contributed by atoms with E-state index in [-0.39, 0.29) is 35.8 Å². The van der Waals surface area contributed by atoms with Gasteiger partial charge in [-0.3, -0.25) is 4.90 Å². The van der Waals surface area contributed by atoms with Gasteiger partial charge >= 0.3 is 0 Å². The van der Waals surface area contributed by atoms with Crippen molar-refractivity contribution in [2.75, 3.05) is 39.4 Å². The van der Waals surface area contributed by atoms with Crippen LogP contribution in [0.1, 0.15) is 62.6 Å². The highest BCUT2D eigenvalue weighted by Crippen LogP contribution is 2.23. The molecule has 1 atom stereocenters. The summed E-state index contributed by atoms with van der Waals surface area (Å²) in [6.45, 7) is 11.1. The van der Waals surface area contributed by atoms with E-state index in [2.05, 4.69) is 39.5 Å². The van der Waals surface area contributed by atoms with E-state index >= 15 is 0 Å². The van der Waals surface area contributed by atoms with Gasteiger partial charge < -0.3 is 19.9 Å². The highest BCUT2D eigenvalue weighted by atomic mass is 127. The fraction of sp³-hybridized carbons (Fsp3) is 0.583. The van der Waals surface area contributed by atoms with Crippen molar-refractivity contribution >= 4 is 29.9 Å². The topological polar surface area (TPSA) is 74.9 Å². The molecule has 2 aromatic rings. The number of hydrogen-bond donors (Lipinski definition) is 2. The summed E-state index contributed by atoms with van der Waals surface area (Å²) in [6.07, 6.45) is 2.08. The van der Waals surface area contributed by atoms with E-state index in [4.69, 9.17) is 9.26 Å². The van der Waals surface area contributed by atoms with Gasteiger partial charge in [0.15, 0.2) is 11.7 Å². The molecule has 0 spiro atoms. The number of guanidine groups is 1. The Bertz CT molecular complexity index is 853. The summed E-state index contributed by atoms with van der Waals surface area (Å²) in [7, 11) is 0. The number of nitrogens with one attached hydrogen (secondary N) is 2. The number of nitrogens with zero attached hydrogens (tertiary/aromatic N) is 3. The first kappa shape index (κ1) is 27.5. The molecule has 33 heavy (non-hydrogen) atoms. The number of morpholine rings is 1. The van der Waals surface area contributed by atoms with Gasteiger partial charge in [0.1, 0.15) is 12.4 Å². The van der Waals surface area contributed by atoms with Crippen molar-refractivity contribution in [3.8, 4) is 0 Å². The van der Waals surface area contributed by atoms with E-state index in [1.165, 1.54) is 6.07 Å². The van der Waals surface area contributed by atoms with E-state index in [0.29, 0.717) is 38.2 Å². The summed E-state index contributed by atoms with van der Waals surface area (Å²) in [5.74, 6) is 1.64. The van der Waals surface area contributed by atoms with Crippen LogP contribution in [0.15, 0.2) is 39.8 Å². The summed E-state index contributed by atoms with van der Waals surface area (Å²) in [4.78, 5) is 7.01. The first-order valence-corrected chi connectivity index (χ1v) is 11.7. The third-order valence-electron chi connectivity index (χ3n) is 5.90. The molecule has 1 unspecified atom stereocenters. The van der Waals surface area contributed by atoms with E-state index in [1.54, 1.807) is 12.1 Å². The van der Waals surface area contributed by atoms with Gasteiger partial charge in [-0.1, -0.05) is 31.1 Å². The average Bonchev–Trinajstić information content (AvgIpc) is 3.28. The summed E-state index contributed by atoms with van der Waals surface area (Å²) in [5.41, 5.74) is 1.94. The number of aliphatic imine (C=N–C) groups is 1. The highest BCUT2D eigenvalue weighted by Gasteiger charge is 2.23. The van der Waals surface area contributed by atoms with E-state index in [0.717, 1.165) is 49.5 Å². The molecule has 2 heterocycles. The number of benzene rings is 1. The minimum absolute atomic E-state index is 0. The lowest BCUT2D eigenvalue weighted by Crippen LogP contribution is -2.46. The smallest absolute Gasteiger partial charge is 0.191 e.